The van der Waals surface area contributed by atoms with Crippen LogP contribution in [0.1, 0.15) is 36.9 Å². The number of nitrogens with zero attached hydrogens (tertiary/aromatic N) is 1. The van der Waals surface area contributed by atoms with Crippen LogP contribution in [-0.2, 0) is 0 Å². The highest BCUT2D eigenvalue weighted by Crippen LogP contribution is 2.21. The van der Waals surface area contributed by atoms with Crippen molar-refractivity contribution in [3.63, 3.8) is 0 Å². The molecule has 0 aliphatic carbocycles. The topological polar surface area (TPSA) is 15.3 Å². The molecular weight excluding hydrogens is 220 g/mol. The molecule has 0 spiro atoms. The number of piperidine rings is 1. The van der Waals surface area contributed by atoms with Crippen molar-refractivity contribution in [1.29, 1.82) is 0 Å². The van der Waals surface area contributed by atoms with Crippen LogP contribution in [0.2, 0.25) is 0 Å². The summed E-state index contributed by atoms with van der Waals surface area (Å²) in [5.41, 5.74) is 2.83. The van der Waals surface area contributed by atoms with Gasteiger partial charge in [0.05, 0.1) is 0 Å². The van der Waals surface area contributed by atoms with E-state index < -0.39 is 0 Å². The Hall–Kier alpha value is -0.860. The Kier molecular flexibility index (Phi) is 4.79. The predicted octanol–water partition coefficient (Wildman–Crippen LogP) is 2.99. The summed E-state index contributed by atoms with van der Waals surface area (Å²) in [5.74, 6) is 0.855. The minimum atomic E-state index is 0.455. The van der Waals surface area contributed by atoms with E-state index >= 15 is 0 Å². The van der Waals surface area contributed by atoms with Crippen LogP contribution in [0.3, 0.4) is 0 Å². The molecule has 0 amide bonds. The van der Waals surface area contributed by atoms with Crippen LogP contribution < -0.4 is 5.32 Å². The molecule has 2 atom stereocenters. The number of likely N-dealkylation sites (N-methyl/N-ethyl adjacent to an activating group) is 1. The predicted molar refractivity (Wildman–Crippen MR) is 77.8 cm³/mol. The van der Waals surface area contributed by atoms with E-state index in [0.717, 1.165) is 12.5 Å². The number of rotatable bonds is 4. The summed E-state index contributed by atoms with van der Waals surface area (Å²) in [6.45, 7) is 8.22. The lowest BCUT2D eigenvalue weighted by molar-refractivity contribution is 0.168. The molecule has 1 aliphatic rings. The maximum atomic E-state index is 3.48. The molecule has 1 saturated heterocycles. The van der Waals surface area contributed by atoms with Gasteiger partial charge in [0.15, 0.2) is 0 Å². The first-order valence-corrected chi connectivity index (χ1v) is 7.16. The summed E-state index contributed by atoms with van der Waals surface area (Å²) in [6, 6.07) is 9.18. The first-order valence-electron chi connectivity index (χ1n) is 7.16. The van der Waals surface area contributed by atoms with Crippen LogP contribution in [0.5, 0.6) is 0 Å². The van der Waals surface area contributed by atoms with Gasteiger partial charge >= 0.3 is 0 Å². The van der Waals surface area contributed by atoms with Gasteiger partial charge in [-0.2, -0.15) is 0 Å². The molecular formula is C16H26N2. The van der Waals surface area contributed by atoms with Crippen molar-refractivity contribution < 1.29 is 0 Å². The lowest BCUT2D eigenvalue weighted by Gasteiger charge is -2.34. The molecule has 1 heterocycles. The van der Waals surface area contributed by atoms with Crippen molar-refractivity contribution >= 4 is 0 Å². The van der Waals surface area contributed by atoms with Crippen LogP contribution in [0, 0.1) is 12.8 Å². The number of benzene rings is 1. The third kappa shape index (κ3) is 3.33. The second-order valence-corrected chi connectivity index (χ2v) is 5.70. The smallest absolute Gasteiger partial charge is 0.0449 e. The molecule has 1 aromatic carbocycles. The standard InChI is InChI=1S/C16H26N2/c1-13-7-6-10-18(11-13)12-16(17-3)15-9-5-4-8-14(15)2/h4-5,8-9,13,16-17H,6-7,10-12H2,1-3H3. The molecule has 0 bridgehead atoms. The fourth-order valence-corrected chi connectivity index (χ4v) is 3.03. The van der Waals surface area contributed by atoms with Crippen molar-refractivity contribution in [2.45, 2.75) is 32.7 Å². The van der Waals surface area contributed by atoms with E-state index in [2.05, 4.69) is 55.4 Å². The Balaban J connectivity index is 2.03. The number of hydrogen-bond donors (Lipinski definition) is 1. The van der Waals surface area contributed by atoms with Gasteiger partial charge in [-0.05, 0) is 50.4 Å². The van der Waals surface area contributed by atoms with Gasteiger partial charge in [-0.3, -0.25) is 0 Å². The highest BCUT2D eigenvalue weighted by Gasteiger charge is 2.20. The summed E-state index contributed by atoms with van der Waals surface area (Å²) in [7, 11) is 2.07. The first kappa shape index (κ1) is 13.6. The number of hydrogen-bond acceptors (Lipinski definition) is 2. The Morgan fingerprint density at radius 3 is 2.83 bits per heavy atom. The maximum absolute atomic E-state index is 3.48. The van der Waals surface area contributed by atoms with E-state index in [1.54, 1.807) is 0 Å². The fraction of sp³-hybridized carbons (Fsp3) is 0.625. The SMILES string of the molecule is CNC(CN1CCCC(C)C1)c1ccccc1C. The van der Waals surface area contributed by atoms with E-state index in [4.69, 9.17) is 0 Å². The molecule has 0 radical (unpaired) electrons. The third-order valence-corrected chi connectivity index (χ3v) is 4.09. The summed E-state index contributed by atoms with van der Waals surface area (Å²) < 4.78 is 0. The van der Waals surface area contributed by atoms with Gasteiger partial charge in [-0.25, -0.2) is 0 Å². The van der Waals surface area contributed by atoms with Gasteiger partial charge in [0.2, 0.25) is 0 Å². The van der Waals surface area contributed by atoms with Gasteiger partial charge < -0.3 is 10.2 Å². The first-order chi connectivity index (χ1) is 8.70. The normalized spacial score (nSPS) is 22.9. The molecule has 1 aromatic rings. The zero-order chi connectivity index (χ0) is 13.0. The van der Waals surface area contributed by atoms with Gasteiger partial charge in [0.1, 0.15) is 0 Å². The highest BCUT2D eigenvalue weighted by molar-refractivity contribution is 5.29. The second-order valence-electron chi connectivity index (χ2n) is 5.70. The summed E-state index contributed by atoms with van der Waals surface area (Å²) in [4.78, 5) is 2.61. The van der Waals surface area contributed by atoms with Gasteiger partial charge in [-0.15, -0.1) is 0 Å². The highest BCUT2D eigenvalue weighted by atomic mass is 15.2. The Morgan fingerprint density at radius 1 is 1.39 bits per heavy atom. The maximum Gasteiger partial charge on any atom is 0.0449 e. The molecule has 0 aromatic heterocycles. The average Bonchev–Trinajstić information content (AvgIpc) is 2.37. The van der Waals surface area contributed by atoms with Gasteiger partial charge in [0.25, 0.3) is 0 Å². The zero-order valence-corrected chi connectivity index (χ0v) is 11.9. The largest absolute Gasteiger partial charge is 0.312 e. The molecule has 1 fully saturated rings. The third-order valence-electron chi connectivity index (χ3n) is 4.09. The second kappa shape index (κ2) is 6.35. The Bertz CT molecular complexity index is 375. The van der Waals surface area contributed by atoms with Crippen LogP contribution in [-0.4, -0.2) is 31.6 Å². The minimum Gasteiger partial charge on any atom is -0.312 e. The fourth-order valence-electron chi connectivity index (χ4n) is 3.03. The van der Waals surface area contributed by atoms with Crippen LogP contribution >= 0.6 is 0 Å². The van der Waals surface area contributed by atoms with Gasteiger partial charge in [0, 0.05) is 19.1 Å². The number of nitrogens with one attached hydrogen (secondary N) is 1. The van der Waals surface area contributed by atoms with Gasteiger partial charge in [-0.1, -0.05) is 31.2 Å². The van der Waals surface area contributed by atoms with Crippen LogP contribution in [0.15, 0.2) is 24.3 Å². The Labute approximate surface area is 111 Å². The van der Waals surface area contributed by atoms with Crippen LogP contribution in [0.25, 0.3) is 0 Å². The van der Waals surface area contributed by atoms with Crippen molar-refractivity contribution in [1.82, 2.24) is 10.2 Å². The summed E-state index contributed by atoms with van der Waals surface area (Å²) in [5, 5.41) is 3.48. The number of aryl methyl sites for hydroxylation is 1. The van der Waals surface area contributed by atoms with E-state index in [9.17, 15) is 0 Å². The average molecular weight is 246 g/mol. The van der Waals surface area contributed by atoms with Crippen molar-refractivity contribution in [3.05, 3.63) is 35.4 Å². The lowest BCUT2D eigenvalue weighted by atomic mass is 9.97. The van der Waals surface area contributed by atoms with E-state index in [0.29, 0.717) is 6.04 Å². The molecule has 2 nitrogen and oxygen atoms in total. The molecule has 18 heavy (non-hydrogen) atoms. The van der Waals surface area contributed by atoms with E-state index in [-0.39, 0.29) is 0 Å². The molecule has 1 aliphatic heterocycles. The lowest BCUT2D eigenvalue weighted by Crippen LogP contribution is -2.40. The van der Waals surface area contributed by atoms with E-state index in [1.807, 2.05) is 0 Å². The molecule has 1 N–H and O–H groups in total. The summed E-state index contributed by atoms with van der Waals surface area (Å²) in [6.07, 6.45) is 2.75. The monoisotopic (exact) mass is 246 g/mol. The summed E-state index contributed by atoms with van der Waals surface area (Å²) >= 11 is 0. The van der Waals surface area contributed by atoms with Crippen molar-refractivity contribution in [3.8, 4) is 0 Å². The Morgan fingerprint density at radius 2 is 2.17 bits per heavy atom. The van der Waals surface area contributed by atoms with Crippen LogP contribution in [0.4, 0.5) is 0 Å². The molecule has 2 heteroatoms. The number of likely N-dealkylation sites (tertiary alicyclic amines) is 1. The molecule has 2 rings (SSSR count). The van der Waals surface area contributed by atoms with Crippen molar-refractivity contribution in [2.75, 3.05) is 26.7 Å². The molecule has 2 unspecified atom stereocenters. The minimum absolute atomic E-state index is 0.455. The molecule has 100 valence electrons. The molecule has 0 saturated carbocycles. The van der Waals surface area contributed by atoms with E-state index in [1.165, 1.54) is 37.1 Å². The quantitative estimate of drug-likeness (QED) is 0.878. The van der Waals surface area contributed by atoms with Crippen molar-refractivity contribution in [2.24, 2.45) is 5.92 Å². The zero-order valence-electron chi connectivity index (χ0n) is 11.9.